The van der Waals surface area contributed by atoms with E-state index in [1.807, 2.05) is 17.6 Å². The van der Waals surface area contributed by atoms with Crippen LogP contribution in [-0.4, -0.2) is 45.9 Å². The number of anilines is 1. The summed E-state index contributed by atoms with van der Waals surface area (Å²) in [6, 6.07) is 8.36. The predicted molar refractivity (Wildman–Crippen MR) is 125 cm³/mol. The molecule has 10 heteroatoms. The smallest absolute Gasteiger partial charge is 0.349 e. The van der Waals surface area contributed by atoms with E-state index in [9.17, 15) is 14.3 Å². The SMILES string of the molecule is CCOc1cc(-c2cc(NCCn3c(C)cc4c(OC)ccc(F)c43)ncn2)sc1C(=O)O. The minimum absolute atomic E-state index is 0.132. The number of ether oxygens (including phenoxy) is 2. The highest BCUT2D eigenvalue weighted by atomic mass is 32.1. The van der Waals surface area contributed by atoms with Gasteiger partial charge in [0.1, 0.15) is 29.5 Å². The quantitative estimate of drug-likeness (QED) is 0.362. The number of carboxylic acids is 1. The largest absolute Gasteiger partial charge is 0.496 e. The molecule has 0 bridgehead atoms. The maximum Gasteiger partial charge on any atom is 0.349 e. The minimum atomic E-state index is -1.04. The van der Waals surface area contributed by atoms with Gasteiger partial charge in [-0.15, -0.1) is 11.3 Å². The van der Waals surface area contributed by atoms with Gasteiger partial charge in [-0.3, -0.25) is 0 Å². The van der Waals surface area contributed by atoms with Crippen LogP contribution in [0.1, 0.15) is 22.3 Å². The monoisotopic (exact) mass is 470 g/mol. The average Bonchev–Trinajstić information content (AvgIpc) is 3.37. The van der Waals surface area contributed by atoms with Gasteiger partial charge in [0.25, 0.3) is 0 Å². The molecule has 0 aliphatic carbocycles. The van der Waals surface area contributed by atoms with Crippen molar-refractivity contribution >= 4 is 34.0 Å². The third kappa shape index (κ3) is 4.47. The topological polar surface area (TPSA) is 98.5 Å². The lowest BCUT2D eigenvalue weighted by Crippen LogP contribution is -2.12. The fourth-order valence-corrected chi connectivity index (χ4v) is 4.61. The molecule has 0 saturated carbocycles. The Labute approximate surface area is 193 Å². The Kier molecular flexibility index (Phi) is 6.45. The van der Waals surface area contributed by atoms with Crippen LogP contribution in [0.15, 0.2) is 36.7 Å². The highest BCUT2D eigenvalue weighted by molar-refractivity contribution is 7.17. The Morgan fingerprint density at radius 2 is 2.06 bits per heavy atom. The summed E-state index contributed by atoms with van der Waals surface area (Å²) in [6.45, 7) is 5.09. The van der Waals surface area contributed by atoms with E-state index < -0.39 is 5.97 Å². The molecule has 0 aliphatic rings. The van der Waals surface area contributed by atoms with Crippen molar-refractivity contribution < 1.29 is 23.8 Å². The highest BCUT2D eigenvalue weighted by Crippen LogP contribution is 2.36. The van der Waals surface area contributed by atoms with E-state index >= 15 is 0 Å². The van der Waals surface area contributed by atoms with Crippen molar-refractivity contribution in [2.24, 2.45) is 0 Å². The lowest BCUT2D eigenvalue weighted by Gasteiger charge is -2.11. The molecule has 8 nitrogen and oxygen atoms in total. The number of fused-ring (bicyclic) bond motifs is 1. The van der Waals surface area contributed by atoms with E-state index in [1.165, 1.54) is 12.4 Å². The summed E-state index contributed by atoms with van der Waals surface area (Å²) in [5.74, 6) is 0.186. The van der Waals surface area contributed by atoms with Crippen LogP contribution in [0.3, 0.4) is 0 Å². The first-order valence-corrected chi connectivity index (χ1v) is 11.1. The summed E-state index contributed by atoms with van der Waals surface area (Å²) in [6.07, 6.45) is 1.42. The van der Waals surface area contributed by atoms with Gasteiger partial charge in [0.2, 0.25) is 0 Å². The van der Waals surface area contributed by atoms with Crippen LogP contribution < -0.4 is 14.8 Å². The van der Waals surface area contributed by atoms with Gasteiger partial charge in [-0.25, -0.2) is 19.2 Å². The number of aromatic nitrogens is 3. The molecule has 0 spiro atoms. The molecule has 4 aromatic rings. The van der Waals surface area contributed by atoms with E-state index in [4.69, 9.17) is 9.47 Å². The molecule has 3 heterocycles. The number of aromatic carboxylic acids is 1. The second-order valence-electron chi connectivity index (χ2n) is 7.21. The second-order valence-corrected chi connectivity index (χ2v) is 8.26. The summed E-state index contributed by atoms with van der Waals surface area (Å²) >= 11 is 1.10. The van der Waals surface area contributed by atoms with Gasteiger partial charge in [-0.1, -0.05) is 0 Å². The Bertz CT molecular complexity index is 1320. The van der Waals surface area contributed by atoms with E-state index in [1.54, 1.807) is 32.2 Å². The first-order valence-electron chi connectivity index (χ1n) is 10.3. The molecule has 0 saturated heterocycles. The van der Waals surface area contributed by atoms with Crippen LogP contribution in [0.25, 0.3) is 21.5 Å². The van der Waals surface area contributed by atoms with Gasteiger partial charge in [-0.2, -0.15) is 0 Å². The van der Waals surface area contributed by atoms with Gasteiger partial charge >= 0.3 is 5.97 Å². The third-order valence-corrected chi connectivity index (χ3v) is 6.28. The molecule has 3 aromatic heterocycles. The normalized spacial score (nSPS) is 11.0. The first kappa shape index (κ1) is 22.5. The Morgan fingerprint density at radius 1 is 1.24 bits per heavy atom. The molecule has 2 N–H and O–H groups in total. The summed E-state index contributed by atoms with van der Waals surface area (Å²) < 4.78 is 27.2. The summed E-state index contributed by atoms with van der Waals surface area (Å²) in [5, 5.41) is 13.4. The highest BCUT2D eigenvalue weighted by Gasteiger charge is 2.19. The molecular formula is C23H23FN4O4S. The van der Waals surface area contributed by atoms with Crippen LogP contribution >= 0.6 is 11.3 Å². The van der Waals surface area contributed by atoms with Crippen molar-refractivity contribution in [2.45, 2.75) is 20.4 Å². The molecule has 0 unspecified atom stereocenters. The van der Waals surface area contributed by atoms with Gasteiger partial charge in [0.05, 0.1) is 29.8 Å². The van der Waals surface area contributed by atoms with Gasteiger partial charge < -0.3 is 24.5 Å². The molecule has 0 fully saturated rings. The maximum absolute atomic E-state index is 14.5. The average molecular weight is 471 g/mol. The van der Waals surface area contributed by atoms with Crippen molar-refractivity contribution in [3.63, 3.8) is 0 Å². The maximum atomic E-state index is 14.5. The molecule has 1 aromatic carbocycles. The second kappa shape index (κ2) is 9.45. The number of hydrogen-bond donors (Lipinski definition) is 2. The molecule has 0 aliphatic heterocycles. The lowest BCUT2D eigenvalue weighted by atomic mass is 10.2. The third-order valence-electron chi connectivity index (χ3n) is 5.15. The number of rotatable bonds is 9. The predicted octanol–water partition coefficient (Wildman–Crippen LogP) is 4.82. The van der Waals surface area contributed by atoms with Crippen molar-refractivity contribution in [1.29, 1.82) is 0 Å². The van der Waals surface area contributed by atoms with Gasteiger partial charge in [0.15, 0.2) is 4.88 Å². The first-order chi connectivity index (χ1) is 15.9. The lowest BCUT2D eigenvalue weighted by molar-refractivity contribution is 0.0698. The van der Waals surface area contributed by atoms with E-state index in [2.05, 4.69) is 15.3 Å². The summed E-state index contributed by atoms with van der Waals surface area (Å²) in [7, 11) is 1.57. The molecule has 33 heavy (non-hydrogen) atoms. The molecule has 4 rings (SSSR count). The zero-order valence-electron chi connectivity index (χ0n) is 18.4. The number of carbonyl (C=O) groups is 1. The number of thiophene rings is 1. The molecule has 172 valence electrons. The fourth-order valence-electron chi connectivity index (χ4n) is 3.70. The Hall–Kier alpha value is -3.66. The van der Waals surface area contributed by atoms with E-state index in [-0.39, 0.29) is 10.7 Å². The van der Waals surface area contributed by atoms with Crippen LogP contribution in [0.4, 0.5) is 10.2 Å². The van der Waals surface area contributed by atoms with Crippen molar-refractivity contribution in [2.75, 3.05) is 25.6 Å². The number of nitrogens with one attached hydrogen (secondary N) is 1. The van der Waals surface area contributed by atoms with Crippen LogP contribution in [0, 0.1) is 12.7 Å². The van der Waals surface area contributed by atoms with Crippen LogP contribution in [-0.2, 0) is 6.54 Å². The van der Waals surface area contributed by atoms with Crippen LogP contribution in [0.2, 0.25) is 0 Å². The molecule has 0 amide bonds. The number of nitrogens with zero attached hydrogens (tertiary/aromatic N) is 3. The number of carboxylic acid groups (broad SMARTS) is 1. The standard InChI is InChI=1S/C23H23FN4O4S/c1-4-32-18-11-19(33-22(18)23(29)30)16-10-20(27-12-26-16)25-7-8-28-13(2)9-14-17(31-3)6-5-15(24)21(14)28/h5-6,9-12H,4,7-8H2,1-3H3,(H,29,30)(H,25,26,27). The van der Waals surface area contributed by atoms with Crippen molar-refractivity contribution in [3.05, 3.63) is 53.0 Å². The Morgan fingerprint density at radius 3 is 2.79 bits per heavy atom. The fraction of sp³-hybridized carbons (Fsp3) is 0.261. The summed E-state index contributed by atoms with van der Waals surface area (Å²) in [4.78, 5) is 20.8. The van der Waals surface area contributed by atoms with Crippen molar-refractivity contribution in [3.8, 4) is 22.1 Å². The summed E-state index contributed by atoms with van der Waals surface area (Å²) in [5.41, 5.74) is 2.01. The number of aryl methyl sites for hydroxylation is 1. The number of halogens is 1. The van der Waals surface area contributed by atoms with E-state index in [0.717, 1.165) is 22.4 Å². The molecule has 0 atom stereocenters. The van der Waals surface area contributed by atoms with Gasteiger partial charge in [-0.05, 0) is 32.0 Å². The number of benzene rings is 1. The Balaban J connectivity index is 1.53. The van der Waals surface area contributed by atoms with Gasteiger partial charge in [0, 0.05) is 36.3 Å². The van der Waals surface area contributed by atoms with E-state index in [0.29, 0.717) is 53.1 Å². The minimum Gasteiger partial charge on any atom is -0.496 e. The molecule has 0 radical (unpaired) electrons. The van der Waals surface area contributed by atoms with Crippen molar-refractivity contribution in [1.82, 2.24) is 14.5 Å². The number of methoxy groups -OCH3 is 1. The molecular weight excluding hydrogens is 447 g/mol. The zero-order chi connectivity index (χ0) is 23.5. The number of hydrogen-bond acceptors (Lipinski definition) is 7. The zero-order valence-corrected chi connectivity index (χ0v) is 19.2. The van der Waals surface area contributed by atoms with Crippen LogP contribution in [0.5, 0.6) is 11.5 Å².